The van der Waals surface area contributed by atoms with Crippen molar-refractivity contribution in [3.63, 3.8) is 0 Å². The number of hydrogen-bond acceptors (Lipinski definition) is 6. The van der Waals surface area contributed by atoms with Crippen molar-refractivity contribution in [2.45, 2.75) is 13.0 Å². The molecule has 4 rings (SSSR count). The number of non-ortho nitro benzene ring substituents is 1. The molecule has 1 amide bonds. The van der Waals surface area contributed by atoms with Crippen molar-refractivity contribution in [3.8, 4) is 11.4 Å². The number of ether oxygens (including phenoxy) is 1. The zero-order valence-electron chi connectivity index (χ0n) is 17.8. The molecule has 1 aromatic heterocycles. The summed E-state index contributed by atoms with van der Waals surface area (Å²) in [5, 5.41) is 22.0. The standard InChI is InChI=1S/C24H21N5O4/c1-2-33-21-13-11-18(12-14-21)23(17-7-4-3-5-8-17)25-24(30)22-16-28(27-26-22)19-9-6-10-20(15-19)29(31)32/h3-16,23H,2H2,1H3,(H,25,30). The summed E-state index contributed by atoms with van der Waals surface area (Å²) < 4.78 is 6.84. The summed E-state index contributed by atoms with van der Waals surface area (Å²) in [7, 11) is 0. The molecule has 0 saturated heterocycles. The fourth-order valence-electron chi connectivity index (χ4n) is 3.38. The maximum Gasteiger partial charge on any atom is 0.274 e. The van der Waals surface area contributed by atoms with Crippen LogP contribution in [-0.2, 0) is 0 Å². The normalized spacial score (nSPS) is 11.5. The van der Waals surface area contributed by atoms with Crippen molar-refractivity contribution in [3.05, 3.63) is 112 Å². The molecular weight excluding hydrogens is 422 g/mol. The van der Waals surface area contributed by atoms with Crippen LogP contribution in [0.2, 0.25) is 0 Å². The Kier molecular flexibility index (Phi) is 6.40. The highest BCUT2D eigenvalue weighted by atomic mass is 16.6. The molecule has 0 bridgehead atoms. The van der Waals surface area contributed by atoms with E-state index in [0.717, 1.165) is 16.9 Å². The summed E-state index contributed by atoms with van der Waals surface area (Å²) in [6, 6.07) is 22.6. The third-order valence-electron chi connectivity index (χ3n) is 4.96. The minimum atomic E-state index is -0.491. The minimum Gasteiger partial charge on any atom is -0.494 e. The van der Waals surface area contributed by atoms with Crippen molar-refractivity contribution >= 4 is 11.6 Å². The maximum atomic E-state index is 13.0. The Morgan fingerprint density at radius 3 is 2.48 bits per heavy atom. The highest BCUT2D eigenvalue weighted by molar-refractivity contribution is 5.92. The number of rotatable bonds is 8. The second kappa shape index (κ2) is 9.73. The van der Waals surface area contributed by atoms with E-state index in [1.807, 2.05) is 61.5 Å². The van der Waals surface area contributed by atoms with Crippen LogP contribution in [0, 0.1) is 10.1 Å². The minimum absolute atomic E-state index is 0.0753. The van der Waals surface area contributed by atoms with E-state index in [9.17, 15) is 14.9 Å². The molecule has 0 radical (unpaired) electrons. The van der Waals surface area contributed by atoms with Crippen LogP contribution in [0.5, 0.6) is 5.75 Å². The van der Waals surface area contributed by atoms with Gasteiger partial charge in [0, 0.05) is 12.1 Å². The van der Waals surface area contributed by atoms with E-state index in [2.05, 4.69) is 15.6 Å². The lowest BCUT2D eigenvalue weighted by Gasteiger charge is -2.19. The Bertz CT molecular complexity index is 1260. The first-order chi connectivity index (χ1) is 16.0. The molecule has 1 N–H and O–H groups in total. The van der Waals surface area contributed by atoms with E-state index >= 15 is 0 Å². The molecule has 1 atom stereocenters. The van der Waals surface area contributed by atoms with Gasteiger partial charge >= 0.3 is 0 Å². The number of carbonyl (C=O) groups excluding carboxylic acids is 1. The predicted molar refractivity (Wildman–Crippen MR) is 121 cm³/mol. The molecule has 0 aliphatic rings. The van der Waals surface area contributed by atoms with Gasteiger partial charge in [0.15, 0.2) is 5.69 Å². The smallest absolute Gasteiger partial charge is 0.274 e. The van der Waals surface area contributed by atoms with E-state index in [-0.39, 0.29) is 11.4 Å². The Labute approximate surface area is 189 Å². The van der Waals surface area contributed by atoms with E-state index in [0.29, 0.717) is 12.3 Å². The largest absolute Gasteiger partial charge is 0.494 e. The number of carbonyl (C=O) groups is 1. The first-order valence-electron chi connectivity index (χ1n) is 10.3. The average Bonchev–Trinajstić information content (AvgIpc) is 3.34. The van der Waals surface area contributed by atoms with Crippen molar-refractivity contribution in [1.29, 1.82) is 0 Å². The quantitative estimate of drug-likeness (QED) is 0.324. The van der Waals surface area contributed by atoms with Crippen LogP contribution in [0.3, 0.4) is 0 Å². The van der Waals surface area contributed by atoms with Crippen LogP contribution in [-0.4, -0.2) is 32.4 Å². The molecule has 0 fully saturated rings. The first kappa shape index (κ1) is 21.7. The number of aromatic nitrogens is 3. The van der Waals surface area contributed by atoms with Crippen molar-refractivity contribution in [2.24, 2.45) is 0 Å². The SMILES string of the molecule is CCOc1ccc(C(NC(=O)c2cn(-c3cccc([N+](=O)[O-])c3)nn2)c2ccccc2)cc1. The Balaban J connectivity index is 1.59. The average molecular weight is 443 g/mol. The molecule has 9 nitrogen and oxygen atoms in total. The van der Waals surface area contributed by atoms with Crippen LogP contribution in [0.1, 0.15) is 34.6 Å². The Hall–Kier alpha value is -4.53. The van der Waals surface area contributed by atoms with E-state index in [1.54, 1.807) is 12.1 Å². The number of hydrogen-bond donors (Lipinski definition) is 1. The van der Waals surface area contributed by atoms with Gasteiger partial charge in [-0.25, -0.2) is 4.68 Å². The van der Waals surface area contributed by atoms with Gasteiger partial charge in [-0.15, -0.1) is 5.10 Å². The van der Waals surface area contributed by atoms with Gasteiger partial charge in [-0.05, 0) is 36.2 Å². The van der Waals surface area contributed by atoms with Crippen LogP contribution in [0.4, 0.5) is 5.69 Å². The van der Waals surface area contributed by atoms with Gasteiger partial charge in [-0.2, -0.15) is 0 Å². The molecule has 4 aromatic rings. The second-order valence-corrected chi connectivity index (χ2v) is 7.14. The van der Waals surface area contributed by atoms with Gasteiger partial charge in [0.1, 0.15) is 5.75 Å². The fourth-order valence-corrected chi connectivity index (χ4v) is 3.38. The number of nitro benzene ring substituents is 1. The molecule has 0 aliphatic heterocycles. The predicted octanol–water partition coefficient (Wildman–Crippen LogP) is 4.09. The highest BCUT2D eigenvalue weighted by Crippen LogP contribution is 2.25. The van der Waals surface area contributed by atoms with Crippen LogP contribution in [0.25, 0.3) is 5.69 Å². The molecular formula is C24H21N5O4. The molecule has 0 spiro atoms. The third-order valence-corrected chi connectivity index (χ3v) is 4.96. The van der Waals surface area contributed by atoms with Crippen LogP contribution >= 0.6 is 0 Å². The third kappa shape index (κ3) is 5.04. The van der Waals surface area contributed by atoms with Crippen molar-refractivity contribution in [1.82, 2.24) is 20.3 Å². The topological polar surface area (TPSA) is 112 Å². The zero-order chi connectivity index (χ0) is 23.2. The zero-order valence-corrected chi connectivity index (χ0v) is 17.8. The van der Waals surface area contributed by atoms with Gasteiger partial charge in [-0.1, -0.05) is 53.7 Å². The van der Waals surface area contributed by atoms with Crippen LogP contribution in [0.15, 0.2) is 85.1 Å². The number of benzene rings is 3. The van der Waals surface area contributed by atoms with E-state index in [4.69, 9.17) is 4.74 Å². The fraction of sp³-hybridized carbons (Fsp3) is 0.125. The molecule has 3 aromatic carbocycles. The van der Waals surface area contributed by atoms with Gasteiger partial charge in [0.2, 0.25) is 0 Å². The summed E-state index contributed by atoms with van der Waals surface area (Å²) in [6.45, 7) is 2.49. The first-order valence-corrected chi connectivity index (χ1v) is 10.3. The lowest BCUT2D eigenvalue weighted by atomic mass is 9.98. The molecule has 0 aliphatic carbocycles. The number of nitrogens with one attached hydrogen (secondary N) is 1. The Morgan fingerprint density at radius 1 is 1.06 bits per heavy atom. The lowest BCUT2D eigenvalue weighted by Crippen LogP contribution is -2.29. The number of nitro groups is 1. The van der Waals surface area contributed by atoms with Gasteiger partial charge in [-0.3, -0.25) is 14.9 Å². The molecule has 33 heavy (non-hydrogen) atoms. The summed E-state index contributed by atoms with van der Waals surface area (Å²) >= 11 is 0. The van der Waals surface area contributed by atoms with E-state index in [1.165, 1.54) is 23.0 Å². The van der Waals surface area contributed by atoms with Crippen molar-refractivity contribution in [2.75, 3.05) is 6.61 Å². The molecule has 9 heteroatoms. The van der Waals surface area contributed by atoms with Crippen LogP contribution < -0.4 is 10.1 Å². The van der Waals surface area contributed by atoms with E-state index < -0.39 is 16.9 Å². The molecule has 1 unspecified atom stereocenters. The monoisotopic (exact) mass is 443 g/mol. The van der Waals surface area contributed by atoms with Gasteiger partial charge in [0.25, 0.3) is 11.6 Å². The number of nitrogens with zero attached hydrogens (tertiary/aromatic N) is 4. The van der Waals surface area contributed by atoms with Gasteiger partial charge in [0.05, 0.1) is 29.5 Å². The summed E-state index contributed by atoms with van der Waals surface area (Å²) in [6.07, 6.45) is 1.44. The van der Waals surface area contributed by atoms with Crippen molar-refractivity contribution < 1.29 is 14.5 Å². The lowest BCUT2D eigenvalue weighted by molar-refractivity contribution is -0.384. The summed E-state index contributed by atoms with van der Waals surface area (Å²) in [5.74, 6) is 0.328. The number of amides is 1. The van der Waals surface area contributed by atoms with Gasteiger partial charge < -0.3 is 10.1 Å². The highest BCUT2D eigenvalue weighted by Gasteiger charge is 2.20. The Morgan fingerprint density at radius 2 is 1.79 bits per heavy atom. The summed E-state index contributed by atoms with van der Waals surface area (Å²) in [5.41, 5.74) is 2.23. The molecule has 1 heterocycles. The molecule has 166 valence electrons. The summed E-state index contributed by atoms with van der Waals surface area (Å²) in [4.78, 5) is 23.6. The second-order valence-electron chi connectivity index (χ2n) is 7.14. The maximum absolute atomic E-state index is 13.0. The molecule has 0 saturated carbocycles.